The average molecular weight is 606 g/mol. The van der Waals surface area contributed by atoms with Crippen molar-refractivity contribution in [3.8, 4) is 11.1 Å². The Bertz CT molecular complexity index is 1490. The maximum atomic E-state index is 13.0. The number of ether oxygens (including phenoxy) is 3. The number of benzene rings is 2. The Labute approximate surface area is 256 Å². The van der Waals surface area contributed by atoms with E-state index in [0.29, 0.717) is 42.0 Å². The van der Waals surface area contributed by atoms with Crippen LogP contribution in [0.5, 0.6) is 0 Å². The second kappa shape index (κ2) is 14.5. The van der Waals surface area contributed by atoms with Gasteiger partial charge in [0.1, 0.15) is 12.2 Å². The van der Waals surface area contributed by atoms with Crippen LogP contribution < -0.4 is 16.2 Å². The fourth-order valence-electron chi connectivity index (χ4n) is 4.96. The SMILES string of the molecule is COC(=O)Nc1ccc(-c2cc(C(CC3CCCN(C(=O)OC(C)(C)C)C3)NC(=O)OCc3ccccc3)n[nH]c2=O)cc1. The summed E-state index contributed by atoms with van der Waals surface area (Å²) in [4.78, 5) is 51.8. The minimum atomic E-state index is -0.633. The first kappa shape index (κ1) is 32.1. The molecule has 0 radical (unpaired) electrons. The van der Waals surface area contributed by atoms with Crippen molar-refractivity contribution in [2.75, 3.05) is 25.5 Å². The van der Waals surface area contributed by atoms with Crippen molar-refractivity contribution in [2.45, 2.75) is 58.3 Å². The smallest absolute Gasteiger partial charge is 0.411 e. The minimum absolute atomic E-state index is 0.0246. The Balaban J connectivity index is 1.55. The number of anilines is 1. The summed E-state index contributed by atoms with van der Waals surface area (Å²) in [6.07, 6.45) is 0.449. The van der Waals surface area contributed by atoms with E-state index < -0.39 is 29.4 Å². The van der Waals surface area contributed by atoms with E-state index in [1.54, 1.807) is 35.2 Å². The molecule has 12 nitrogen and oxygen atoms in total. The van der Waals surface area contributed by atoms with Crippen molar-refractivity contribution in [2.24, 2.45) is 5.92 Å². The predicted octanol–water partition coefficient (Wildman–Crippen LogP) is 5.62. The number of alkyl carbamates (subject to hydrolysis) is 1. The summed E-state index contributed by atoms with van der Waals surface area (Å²) in [5.74, 6) is 0.0246. The quantitative estimate of drug-likeness (QED) is 0.280. The lowest BCUT2D eigenvalue weighted by Gasteiger charge is -2.35. The summed E-state index contributed by atoms with van der Waals surface area (Å²) in [5.41, 5.74) is 1.67. The first-order valence-corrected chi connectivity index (χ1v) is 14.5. The zero-order valence-electron chi connectivity index (χ0n) is 25.4. The topological polar surface area (TPSA) is 152 Å². The molecule has 234 valence electrons. The largest absolute Gasteiger partial charge is 0.453 e. The molecule has 3 amide bonds. The number of carbonyl (C=O) groups is 3. The summed E-state index contributed by atoms with van der Waals surface area (Å²) < 4.78 is 15.7. The van der Waals surface area contributed by atoms with E-state index in [2.05, 4.69) is 25.6 Å². The van der Waals surface area contributed by atoms with Crippen LogP contribution in [0, 0.1) is 5.92 Å². The summed E-state index contributed by atoms with van der Waals surface area (Å²) in [6.45, 7) is 6.62. The van der Waals surface area contributed by atoms with Crippen molar-refractivity contribution in [1.82, 2.24) is 20.4 Å². The molecule has 0 saturated carbocycles. The Morgan fingerprint density at radius 1 is 1.07 bits per heavy atom. The molecule has 0 spiro atoms. The van der Waals surface area contributed by atoms with Crippen LogP contribution in [0.15, 0.2) is 65.5 Å². The predicted molar refractivity (Wildman–Crippen MR) is 164 cm³/mol. The number of aromatic nitrogens is 2. The maximum absolute atomic E-state index is 13.0. The molecule has 3 aromatic rings. The third-order valence-corrected chi connectivity index (χ3v) is 7.05. The zero-order valence-corrected chi connectivity index (χ0v) is 25.4. The highest BCUT2D eigenvalue weighted by Crippen LogP contribution is 2.29. The Kier molecular flexibility index (Phi) is 10.6. The summed E-state index contributed by atoms with van der Waals surface area (Å²) in [5, 5.41) is 12.3. The van der Waals surface area contributed by atoms with Crippen LogP contribution in [-0.2, 0) is 20.8 Å². The van der Waals surface area contributed by atoms with E-state index in [0.717, 1.165) is 18.4 Å². The molecule has 1 aliphatic heterocycles. The van der Waals surface area contributed by atoms with Crippen molar-refractivity contribution in [1.29, 1.82) is 0 Å². The van der Waals surface area contributed by atoms with E-state index in [1.807, 2.05) is 51.1 Å². The third kappa shape index (κ3) is 9.32. The van der Waals surface area contributed by atoms with Gasteiger partial charge in [-0.15, -0.1) is 0 Å². The van der Waals surface area contributed by atoms with Crippen LogP contribution >= 0.6 is 0 Å². The number of amides is 3. The zero-order chi connectivity index (χ0) is 31.7. The summed E-state index contributed by atoms with van der Waals surface area (Å²) >= 11 is 0. The average Bonchev–Trinajstić information content (AvgIpc) is 3.00. The molecule has 2 heterocycles. The number of H-pyrrole nitrogens is 1. The molecule has 1 aromatic heterocycles. The van der Waals surface area contributed by atoms with Crippen LogP contribution in [0.4, 0.5) is 20.1 Å². The van der Waals surface area contributed by atoms with Gasteiger partial charge < -0.3 is 24.4 Å². The van der Waals surface area contributed by atoms with Gasteiger partial charge in [0.15, 0.2) is 0 Å². The lowest BCUT2D eigenvalue weighted by Crippen LogP contribution is -2.44. The number of nitrogens with zero attached hydrogens (tertiary/aromatic N) is 2. The Morgan fingerprint density at radius 2 is 1.80 bits per heavy atom. The first-order valence-electron chi connectivity index (χ1n) is 14.5. The molecule has 4 rings (SSSR count). The van der Waals surface area contributed by atoms with Crippen LogP contribution in [0.2, 0.25) is 0 Å². The van der Waals surface area contributed by atoms with Crippen molar-refractivity contribution in [3.63, 3.8) is 0 Å². The molecule has 0 bridgehead atoms. The molecule has 2 unspecified atom stereocenters. The second-order valence-electron chi connectivity index (χ2n) is 11.7. The van der Waals surface area contributed by atoms with Gasteiger partial charge in [-0.05, 0) is 75.3 Å². The number of hydrogen-bond acceptors (Lipinski definition) is 8. The van der Waals surface area contributed by atoms with Gasteiger partial charge in [0.05, 0.1) is 24.4 Å². The van der Waals surface area contributed by atoms with Gasteiger partial charge in [0.25, 0.3) is 5.56 Å². The highest BCUT2D eigenvalue weighted by molar-refractivity contribution is 5.85. The number of likely N-dealkylation sites (tertiary alicyclic amines) is 1. The van der Waals surface area contributed by atoms with E-state index in [1.165, 1.54) is 7.11 Å². The van der Waals surface area contributed by atoms with E-state index in [4.69, 9.17) is 9.47 Å². The first-order chi connectivity index (χ1) is 21.0. The molecular weight excluding hydrogens is 566 g/mol. The van der Waals surface area contributed by atoms with Crippen LogP contribution in [0.25, 0.3) is 11.1 Å². The lowest BCUT2D eigenvalue weighted by molar-refractivity contribution is 0.0154. The van der Waals surface area contributed by atoms with Gasteiger partial charge in [0, 0.05) is 18.8 Å². The standard InChI is InChI=1S/C32H39N5O7/c1-32(2,3)44-31(41)37-16-8-11-22(19-37)17-26(34-30(40)43-20-21-9-6-5-7-10-21)27-18-25(28(38)36-35-27)23-12-14-24(15-13-23)33-29(39)42-4/h5-7,9-10,12-15,18,22,26H,8,11,16-17,19-20H2,1-4H3,(H,33,39)(H,34,40)(H,36,38). The molecule has 44 heavy (non-hydrogen) atoms. The molecule has 1 fully saturated rings. The normalized spacial score (nSPS) is 15.5. The highest BCUT2D eigenvalue weighted by Gasteiger charge is 2.31. The number of rotatable bonds is 8. The number of methoxy groups -OCH3 is 1. The van der Waals surface area contributed by atoms with Crippen LogP contribution in [0.3, 0.4) is 0 Å². The Morgan fingerprint density at radius 3 is 2.48 bits per heavy atom. The van der Waals surface area contributed by atoms with Crippen molar-refractivity contribution in [3.05, 3.63) is 82.3 Å². The molecule has 1 aliphatic rings. The maximum Gasteiger partial charge on any atom is 0.411 e. The number of aromatic amines is 1. The molecule has 3 N–H and O–H groups in total. The van der Waals surface area contributed by atoms with Crippen LogP contribution in [-0.4, -0.2) is 59.2 Å². The van der Waals surface area contributed by atoms with E-state index in [9.17, 15) is 19.2 Å². The summed E-state index contributed by atoms with van der Waals surface area (Å²) in [7, 11) is 1.27. The number of carbonyl (C=O) groups excluding carboxylic acids is 3. The fraction of sp³-hybridized carbons (Fsp3) is 0.406. The minimum Gasteiger partial charge on any atom is -0.453 e. The lowest BCUT2D eigenvalue weighted by atomic mass is 9.90. The van der Waals surface area contributed by atoms with Gasteiger partial charge in [-0.2, -0.15) is 5.10 Å². The molecule has 2 atom stereocenters. The second-order valence-corrected chi connectivity index (χ2v) is 11.7. The third-order valence-electron chi connectivity index (χ3n) is 7.05. The van der Waals surface area contributed by atoms with Crippen molar-refractivity contribution < 1.29 is 28.6 Å². The van der Waals surface area contributed by atoms with Crippen LogP contribution in [0.1, 0.15) is 57.3 Å². The van der Waals surface area contributed by atoms with Gasteiger partial charge in [-0.3, -0.25) is 10.1 Å². The summed E-state index contributed by atoms with van der Waals surface area (Å²) in [6, 6.07) is 17.0. The van der Waals surface area contributed by atoms with Gasteiger partial charge in [-0.1, -0.05) is 42.5 Å². The number of piperidine rings is 1. The molecule has 0 aliphatic carbocycles. The number of hydrogen-bond donors (Lipinski definition) is 3. The molecule has 2 aromatic carbocycles. The molecule has 1 saturated heterocycles. The Hall–Kier alpha value is -4.87. The van der Waals surface area contributed by atoms with E-state index >= 15 is 0 Å². The number of nitrogens with one attached hydrogen (secondary N) is 3. The fourth-order valence-corrected chi connectivity index (χ4v) is 4.96. The molecule has 12 heteroatoms. The highest BCUT2D eigenvalue weighted by atomic mass is 16.6. The van der Waals surface area contributed by atoms with Gasteiger partial charge in [-0.25, -0.2) is 19.5 Å². The van der Waals surface area contributed by atoms with E-state index in [-0.39, 0.29) is 18.6 Å². The van der Waals surface area contributed by atoms with Gasteiger partial charge >= 0.3 is 18.3 Å². The van der Waals surface area contributed by atoms with Gasteiger partial charge in [0.2, 0.25) is 0 Å². The van der Waals surface area contributed by atoms with Crippen molar-refractivity contribution >= 4 is 24.0 Å². The monoisotopic (exact) mass is 605 g/mol. The molecular formula is C32H39N5O7.